The van der Waals surface area contributed by atoms with Gasteiger partial charge in [-0.1, -0.05) is 6.92 Å². The highest BCUT2D eigenvalue weighted by Gasteiger charge is 2.34. The first kappa shape index (κ1) is 29.8. The zero-order valence-electron chi connectivity index (χ0n) is 21.3. The number of hydrogen-bond donors (Lipinski definition) is 2. The van der Waals surface area contributed by atoms with Crippen LogP contribution in [0.15, 0.2) is 53.1 Å². The Morgan fingerprint density at radius 2 is 1.90 bits per heavy atom. The fourth-order valence-electron chi connectivity index (χ4n) is 4.08. The molecule has 0 amide bonds. The molecule has 0 spiro atoms. The largest absolute Gasteiger partial charge is 0.488 e. The van der Waals surface area contributed by atoms with E-state index in [-0.39, 0.29) is 35.2 Å². The van der Waals surface area contributed by atoms with E-state index < -0.39 is 45.6 Å². The monoisotopic (exact) mass is 569 g/mol. The van der Waals surface area contributed by atoms with Crippen molar-refractivity contribution in [2.24, 2.45) is 0 Å². The molecule has 2 heterocycles. The summed E-state index contributed by atoms with van der Waals surface area (Å²) in [6.07, 6.45) is -0.824. The van der Waals surface area contributed by atoms with Gasteiger partial charge in [0.05, 0.1) is 22.4 Å². The molecule has 2 aromatic rings. The minimum Gasteiger partial charge on any atom is -0.488 e. The molecule has 3 rings (SSSR count). The summed E-state index contributed by atoms with van der Waals surface area (Å²) in [6, 6.07) is 6.99. The maximum atomic E-state index is 13.7. The Morgan fingerprint density at radius 3 is 2.46 bits per heavy atom. The number of pyridine rings is 1. The van der Waals surface area contributed by atoms with Crippen LogP contribution in [0.5, 0.6) is 11.6 Å². The molecule has 212 valence electrons. The van der Waals surface area contributed by atoms with E-state index in [2.05, 4.69) is 16.8 Å². The Morgan fingerprint density at radius 1 is 1.21 bits per heavy atom. The molecule has 1 aliphatic rings. The molecule has 1 fully saturated rings. The molecule has 0 radical (unpaired) electrons. The number of benzene rings is 1. The zero-order chi connectivity index (χ0) is 28.7. The highest BCUT2D eigenvalue weighted by Crippen LogP contribution is 2.32. The van der Waals surface area contributed by atoms with Crippen molar-refractivity contribution in [3.63, 3.8) is 0 Å². The number of carboxylic acids is 2. The summed E-state index contributed by atoms with van der Waals surface area (Å²) in [4.78, 5) is 29.6. The number of aromatic nitrogens is 1. The smallest absolute Gasteiger partial charge is 0.353 e. The molecular formula is C25H29F2N3O8S. The number of hydrogen-bond acceptors (Lipinski definition) is 8. The molecule has 1 aromatic heterocycles. The zero-order valence-corrected chi connectivity index (χ0v) is 22.1. The molecular weight excluding hydrogens is 540 g/mol. The molecule has 1 atom stereocenters. The van der Waals surface area contributed by atoms with Crippen LogP contribution in [-0.2, 0) is 19.6 Å². The highest BCUT2D eigenvalue weighted by atomic mass is 32.2. The van der Waals surface area contributed by atoms with Crippen LogP contribution in [0.1, 0.15) is 25.5 Å². The van der Waals surface area contributed by atoms with Gasteiger partial charge in [-0.25, -0.2) is 36.1 Å². The van der Waals surface area contributed by atoms with Gasteiger partial charge in [0, 0.05) is 19.2 Å². The van der Waals surface area contributed by atoms with Gasteiger partial charge in [0.15, 0.2) is 0 Å². The van der Waals surface area contributed by atoms with Crippen LogP contribution < -0.4 is 13.8 Å². The van der Waals surface area contributed by atoms with Crippen molar-refractivity contribution in [2.75, 3.05) is 30.5 Å². The first-order valence-corrected chi connectivity index (χ1v) is 13.5. The third-order valence-electron chi connectivity index (χ3n) is 5.74. The van der Waals surface area contributed by atoms with E-state index in [4.69, 9.17) is 9.47 Å². The normalized spacial score (nSPS) is 16.3. The van der Waals surface area contributed by atoms with Gasteiger partial charge in [-0.15, -0.1) is 0 Å². The SMILES string of the molecule is CCCN1CCC(Oc2ccc(N(/C(=C\C(=O)O)C(=O)O)S(=O)(=O)c3ccc(OCC(F)F)cc3)c(C)n2)C1. The molecule has 14 heteroatoms. The van der Waals surface area contributed by atoms with Gasteiger partial charge in [0.2, 0.25) is 5.88 Å². The molecule has 1 aliphatic heterocycles. The number of nitrogens with zero attached hydrogens (tertiary/aromatic N) is 3. The van der Waals surface area contributed by atoms with Crippen LogP contribution in [0.3, 0.4) is 0 Å². The van der Waals surface area contributed by atoms with Crippen LogP contribution in [0.2, 0.25) is 0 Å². The number of sulfonamides is 1. The number of rotatable bonds is 13. The van der Waals surface area contributed by atoms with Crippen LogP contribution in [0.25, 0.3) is 0 Å². The van der Waals surface area contributed by atoms with E-state index in [1.807, 2.05) is 0 Å². The number of aliphatic carboxylic acids is 2. The summed E-state index contributed by atoms with van der Waals surface area (Å²) in [6.45, 7) is 5.13. The second kappa shape index (κ2) is 12.8. The fourth-order valence-corrected chi connectivity index (χ4v) is 5.61. The van der Waals surface area contributed by atoms with Crippen LogP contribution in [0.4, 0.5) is 14.5 Å². The van der Waals surface area contributed by atoms with Crippen LogP contribution >= 0.6 is 0 Å². The number of halogens is 2. The van der Waals surface area contributed by atoms with Gasteiger partial charge < -0.3 is 19.7 Å². The maximum absolute atomic E-state index is 13.7. The number of alkyl halides is 2. The standard InChI is InChI=1S/C25H29F2N3O8S/c1-3-11-29-12-10-18(14-29)38-23-9-8-20(16(2)28-23)30(21(25(33)34)13-24(31)32)39(35,36)19-6-4-17(5-7-19)37-15-22(26)27/h4-9,13,18,22H,3,10-12,14-15H2,1-2H3,(H,31,32)(H,33,34)/b21-13-. The van der Waals surface area contributed by atoms with Gasteiger partial charge in [-0.05, 0) is 56.6 Å². The Kier molecular flexibility index (Phi) is 9.81. The van der Waals surface area contributed by atoms with Crippen molar-refractivity contribution in [2.45, 2.75) is 44.1 Å². The van der Waals surface area contributed by atoms with E-state index >= 15 is 0 Å². The van der Waals surface area contributed by atoms with Crippen molar-refractivity contribution in [3.8, 4) is 11.6 Å². The minimum atomic E-state index is -4.73. The van der Waals surface area contributed by atoms with Crippen molar-refractivity contribution in [3.05, 3.63) is 53.9 Å². The summed E-state index contributed by atoms with van der Waals surface area (Å²) >= 11 is 0. The first-order chi connectivity index (χ1) is 18.4. The molecule has 1 saturated heterocycles. The van der Waals surface area contributed by atoms with Crippen LogP contribution in [0, 0.1) is 6.92 Å². The molecule has 11 nitrogen and oxygen atoms in total. The maximum Gasteiger partial charge on any atom is 0.353 e. The predicted octanol–water partition coefficient (Wildman–Crippen LogP) is 3.15. The molecule has 2 N–H and O–H groups in total. The quantitative estimate of drug-likeness (QED) is 0.345. The minimum absolute atomic E-state index is 0.0379. The lowest BCUT2D eigenvalue weighted by molar-refractivity contribution is -0.135. The van der Waals surface area contributed by atoms with E-state index in [0.717, 1.165) is 50.2 Å². The molecule has 1 aromatic carbocycles. The second-order valence-electron chi connectivity index (χ2n) is 8.70. The average molecular weight is 570 g/mol. The number of carboxylic acid groups (broad SMARTS) is 2. The van der Waals surface area contributed by atoms with Crippen molar-refractivity contribution < 1.29 is 46.5 Å². The summed E-state index contributed by atoms with van der Waals surface area (Å²) in [7, 11) is -4.73. The predicted molar refractivity (Wildman–Crippen MR) is 136 cm³/mol. The lowest BCUT2D eigenvalue weighted by Crippen LogP contribution is -2.35. The number of aryl methyl sites for hydroxylation is 1. The fraction of sp³-hybridized carbons (Fsp3) is 0.400. The number of likely N-dealkylation sites (tertiary alicyclic amines) is 1. The second-order valence-corrected chi connectivity index (χ2v) is 10.5. The Labute approximate surface area is 224 Å². The topological polar surface area (TPSA) is 147 Å². The third-order valence-corrected chi connectivity index (χ3v) is 7.49. The lowest BCUT2D eigenvalue weighted by atomic mass is 10.2. The van der Waals surface area contributed by atoms with Gasteiger partial charge in [-0.3, -0.25) is 4.90 Å². The summed E-state index contributed by atoms with van der Waals surface area (Å²) in [5.74, 6) is -3.34. The molecule has 39 heavy (non-hydrogen) atoms. The van der Waals surface area contributed by atoms with Gasteiger partial charge in [0.1, 0.15) is 24.2 Å². The average Bonchev–Trinajstić information content (AvgIpc) is 3.30. The van der Waals surface area contributed by atoms with Crippen molar-refractivity contribution >= 4 is 27.6 Å². The van der Waals surface area contributed by atoms with Crippen LogP contribution in [-0.4, -0.2) is 79.2 Å². The van der Waals surface area contributed by atoms with Gasteiger partial charge in [-0.2, -0.15) is 0 Å². The number of carbonyl (C=O) groups is 2. The Hall–Kier alpha value is -3.78. The number of anilines is 1. The number of ether oxygens (including phenoxy) is 2. The van der Waals surface area contributed by atoms with Crippen molar-refractivity contribution in [1.82, 2.24) is 9.88 Å². The van der Waals surface area contributed by atoms with Gasteiger partial charge in [0.25, 0.3) is 16.4 Å². The van der Waals surface area contributed by atoms with E-state index in [0.29, 0.717) is 10.8 Å². The van der Waals surface area contributed by atoms with E-state index in [9.17, 15) is 37.0 Å². The van der Waals surface area contributed by atoms with Gasteiger partial charge >= 0.3 is 11.9 Å². The van der Waals surface area contributed by atoms with E-state index in [1.165, 1.54) is 19.1 Å². The highest BCUT2D eigenvalue weighted by molar-refractivity contribution is 7.93. The molecule has 0 saturated carbocycles. The molecule has 1 unspecified atom stereocenters. The third kappa shape index (κ3) is 7.63. The lowest BCUT2D eigenvalue weighted by Gasteiger charge is -2.26. The summed E-state index contributed by atoms with van der Waals surface area (Å²) < 4.78 is 63.3. The Bertz CT molecular complexity index is 1320. The molecule has 0 aliphatic carbocycles. The summed E-state index contributed by atoms with van der Waals surface area (Å²) in [5, 5.41) is 19.0. The molecule has 0 bridgehead atoms. The summed E-state index contributed by atoms with van der Waals surface area (Å²) in [5.41, 5.74) is -1.21. The Balaban J connectivity index is 1.99. The van der Waals surface area contributed by atoms with Crippen molar-refractivity contribution in [1.29, 1.82) is 0 Å². The van der Waals surface area contributed by atoms with E-state index in [1.54, 1.807) is 0 Å². The first-order valence-electron chi connectivity index (χ1n) is 12.0.